The highest BCUT2D eigenvalue weighted by Gasteiger charge is 2.28. The quantitative estimate of drug-likeness (QED) is 0.485. The van der Waals surface area contributed by atoms with Crippen molar-refractivity contribution in [1.29, 1.82) is 0 Å². The summed E-state index contributed by atoms with van der Waals surface area (Å²) in [4.78, 5) is 2.14. The Bertz CT molecular complexity index is 634. The van der Waals surface area contributed by atoms with Gasteiger partial charge >= 0.3 is 10.2 Å². The SMILES string of the molecule is CN(CCO)CCCCCCOC1CCN(S(=O)(=O)Nc2ccccc2)CC1. The first-order chi connectivity index (χ1) is 13.5. The Balaban J connectivity index is 1.56. The number of ether oxygens (including phenoxy) is 1. The zero-order chi connectivity index (χ0) is 20.2. The molecule has 2 rings (SSSR count). The lowest BCUT2D eigenvalue weighted by molar-refractivity contribution is 0.0193. The first kappa shape index (κ1) is 23.1. The third-order valence-electron chi connectivity index (χ3n) is 5.03. The van der Waals surface area contributed by atoms with Crippen molar-refractivity contribution < 1.29 is 18.3 Å². The fourth-order valence-electron chi connectivity index (χ4n) is 3.33. The Morgan fingerprint density at radius 2 is 1.79 bits per heavy atom. The molecule has 0 spiro atoms. The van der Waals surface area contributed by atoms with Crippen LogP contribution in [0.2, 0.25) is 0 Å². The Hall–Kier alpha value is -1.19. The second kappa shape index (κ2) is 12.4. The lowest BCUT2D eigenvalue weighted by Gasteiger charge is -2.31. The molecule has 7 nitrogen and oxygen atoms in total. The van der Waals surface area contributed by atoms with Gasteiger partial charge in [-0.05, 0) is 51.4 Å². The number of likely N-dealkylation sites (N-methyl/N-ethyl adjacent to an activating group) is 1. The molecule has 160 valence electrons. The van der Waals surface area contributed by atoms with Crippen LogP contribution in [0.5, 0.6) is 0 Å². The lowest BCUT2D eigenvalue weighted by Crippen LogP contribution is -2.43. The van der Waals surface area contributed by atoms with Crippen molar-refractivity contribution >= 4 is 15.9 Å². The number of piperidine rings is 1. The third kappa shape index (κ3) is 8.45. The largest absolute Gasteiger partial charge is 0.395 e. The predicted molar refractivity (Wildman–Crippen MR) is 113 cm³/mol. The van der Waals surface area contributed by atoms with Crippen LogP contribution in [0.4, 0.5) is 5.69 Å². The number of unbranched alkanes of at least 4 members (excludes halogenated alkanes) is 3. The molecule has 0 aromatic heterocycles. The number of aliphatic hydroxyl groups excluding tert-OH is 1. The van der Waals surface area contributed by atoms with Crippen molar-refractivity contribution in [3.63, 3.8) is 0 Å². The molecule has 1 saturated heterocycles. The van der Waals surface area contributed by atoms with Crippen LogP contribution in [0.25, 0.3) is 0 Å². The van der Waals surface area contributed by atoms with Crippen LogP contribution >= 0.6 is 0 Å². The van der Waals surface area contributed by atoms with Gasteiger partial charge in [0, 0.05) is 31.9 Å². The summed E-state index contributed by atoms with van der Waals surface area (Å²) in [6.07, 6.45) is 6.11. The Morgan fingerprint density at radius 1 is 1.11 bits per heavy atom. The van der Waals surface area contributed by atoms with Gasteiger partial charge in [0.1, 0.15) is 0 Å². The second-order valence-electron chi connectivity index (χ2n) is 7.38. The van der Waals surface area contributed by atoms with Gasteiger partial charge in [0.05, 0.1) is 12.7 Å². The summed E-state index contributed by atoms with van der Waals surface area (Å²) in [7, 11) is -1.47. The Morgan fingerprint density at radius 3 is 2.46 bits per heavy atom. The first-order valence-electron chi connectivity index (χ1n) is 10.2. The van der Waals surface area contributed by atoms with Gasteiger partial charge in [-0.25, -0.2) is 0 Å². The average molecular weight is 414 g/mol. The minimum Gasteiger partial charge on any atom is -0.395 e. The number of nitrogens with zero attached hydrogens (tertiary/aromatic N) is 2. The van der Waals surface area contributed by atoms with Crippen LogP contribution in [-0.2, 0) is 14.9 Å². The molecule has 1 heterocycles. The molecule has 28 heavy (non-hydrogen) atoms. The number of benzene rings is 1. The first-order valence-corrected chi connectivity index (χ1v) is 11.7. The molecular weight excluding hydrogens is 378 g/mol. The fourth-order valence-corrected chi connectivity index (χ4v) is 4.58. The minimum atomic E-state index is -3.50. The lowest BCUT2D eigenvalue weighted by atomic mass is 10.1. The number of hydrogen-bond donors (Lipinski definition) is 2. The van der Waals surface area contributed by atoms with Crippen LogP contribution in [0.3, 0.4) is 0 Å². The van der Waals surface area contributed by atoms with Crippen molar-refractivity contribution in [1.82, 2.24) is 9.21 Å². The summed E-state index contributed by atoms with van der Waals surface area (Å²) in [6.45, 7) is 3.69. The second-order valence-corrected chi connectivity index (χ2v) is 9.05. The third-order valence-corrected chi connectivity index (χ3v) is 6.57. The molecular formula is C20H35N3O4S. The van der Waals surface area contributed by atoms with Crippen LogP contribution in [0.1, 0.15) is 38.5 Å². The van der Waals surface area contributed by atoms with Gasteiger partial charge in [0.25, 0.3) is 0 Å². The molecule has 0 amide bonds. The van der Waals surface area contributed by atoms with Gasteiger partial charge in [-0.2, -0.15) is 12.7 Å². The van der Waals surface area contributed by atoms with Crippen molar-refractivity contribution in [2.75, 3.05) is 51.2 Å². The van der Waals surface area contributed by atoms with Crippen LogP contribution < -0.4 is 4.72 Å². The normalized spacial score (nSPS) is 16.5. The number of rotatable bonds is 13. The molecule has 1 aromatic rings. The maximum Gasteiger partial charge on any atom is 0.301 e. The summed E-state index contributed by atoms with van der Waals surface area (Å²) < 4.78 is 35.0. The van der Waals surface area contributed by atoms with Crippen molar-refractivity contribution in [3.05, 3.63) is 30.3 Å². The van der Waals surface area contributed by atoms with Crippen LogP contribution in [0, 0.1) is 0 Å². The summed E-state index contributed by atoms with van der Waals surface area (Å²) in [6, 6.07) is 8.98. The number of aliphatic hydroxyl groups is 1. The van der Waals surface area contributed by atoms with Gasteiger partial charge in [-0.15, -0.1) is 0 Å². The molecule has 8 heteroatoms. The van der Waals surface area contributed by atoms with Crippen molar-refractivity contribution in [2.24, 2.45) is 0 Å². The maximum absolute atomic E-state index is 12.5. The zero-order valence-electron chi connectivity index (χ0n) is 16.9. The molecule has 1 aliphatic rings. The standard InChI is InChI=1S/C20H35N3O4S/c1-22(16-17-24)13-7-2-3-8-18-27-20-11-14-23(15-12-20)28(25,26)21-19-9-5-4-6-10-19/h4-6,9-10,20-21,24H,2-3,7-8,11-18H2,1H3. The van der Waals surface area contributed by atoms with Gasteiger partial charge in [-0.3, -0.25) is 4.72 Å². The molecule has 0 radical (unpaired) electrons. The van der Waals surface area contributed by atoms with Gasteiger partial charge in [0.15, 0.2) is 0 Å². The summed E-state index contributed by atoms with van der Waals surface area (Å²) >= 11 is 0. The van der Waals surface area contributed by atoms with Crippen molar-refractivity contribution in [3.8, 4) is 0 Å². The highest BCUT2D eigenvalue weighted by atomic mass is 32.2. The molecule has 0 aliphatic carbocycles. The number of hydrogen-bond acceptors (Lipinski definition) is 5. The molecule has 0 saturated carbocycles. The number of nitrogens with one attached hydrogen (secondary N) is 1. The van der Waals surface area contributed by atoms with E-state index in [1.807, 2.05) is 25.2 Å². The van der Waals surface area contributed by atoms with E-state index in [0.29, 0.717) is 18.8 Å². The molecule has 0 bridgehead atoms. The van der Waals surface area contributed by atoms with Gasteiger partial charge in [0.2, 0.25) is 0 Å². The summed E-state index contributed by atoms with van der Waals surface area (Å²) in [5.41, 5.74) is 0.587. The Kier molecular flexibility index (Phi) is 10.2. The molecule has 0 atom stereocenters. The van der Waals surface area contributed by atoms with E-state index in [-0.39, 0.29) is 12.7 Å². The molecule has 1 aromatic carbocycles. The highest BCUT2D eigenvalue weighted by molar-refractivity contribution is 7.90. The van der Waals surface area contributed by atoms with Crippen LogP contribution in [0.15, 0.2) is 30.3 Å². The molecule has 2 N–H and O–H groups in total. The zero-order valence-corrected chi connectivity index (χ0v) is 17.7. The molecule has 1 aliphatic heterocycles. The fraction of sp³-hybridized carbons (Fsp3) is 0.700. The summed E-state index contributed by atoms with van der Waals surface area (Å²) in [5.74, 6) is 0. The van der Waals surface area contributed by atoms with E-state index in [2.05, 4.69) is 9.62 Å². The Labute approximate surface area is 169 Å². The number of anilines is 1. The minimum absolute atomic E-state index is 0.152. The van der Waals surface area contributed by atoms with E-state index in [0.717, 1.165) is 51.8 Å². The van der Waals surface area contributed by atoms with Crippen molar-refractivity contribution in [2.45, 2.75) is 44.6 Å². The van der Waals surface area contributed by atoms with E-state index in [9.17, 15) is 8.42 Å². The van der Waals surface area contributed by atoms with Crippen LogP contribution in [-0.4, -0.2) is 75.3 Å². The smallest absolute Gasteiger partial charge is 0.301 e. The maximum atomic E-state index is 12.5. The van der Waals surface area contributed by atoms with E-state index in [1.54, 1.807) is 12.1 Å². The van der Waals surface area contributed by atoms with Gasteiger partial charge < -0.3 is 14.7 Å². The van der Waals surface area contributed by atoms with E-state index >= 15 is 0 Å². The average Bonchev–Trinajstić information content (AvgIpc) is 2.68. The van der Waals surface area contributed by atoms with E-state index in [1.165, 1.54) is 10.7 Å². The molecule has 1 fully saturated rings. The molecule has 0 unspecified atom stereocenters. The van der Waals surface area contributed by atoms with E-state index in [4.69, 9.17) is 9.84 Å². The number of para-hydroxylation sites is 1. The van der Waals surface area contributed by atoms with Gasteiger partial charge in [-0.1, -0.05) is 31.0 Å². The van der Waals surface area contributed by atoms with E-state index < -0.39 is 10.2 Å². The monoisotopic (exact) mass is 413 g/mol. The summed E-state index contributed by atoms with van der Waals surface area (Å²) in [5, 5.41) is 8.86. The highest BCUT2D eigenvalue weighted by Crippen LogP contribution is 2.19. The topological polar surface area (TPSA) is 82.1 Å². The predicted octanol–water partition coefficient (Wildman–Crippen LogP) is 2.31.